The molecular weight excluding hydrogens is 266 g/mol. The van der Waals surface area contributed by atoms with Gasteiger partial charge in [0.25, 0.3) is 0 Å². The molecule has 0 bridgehead atoms. The van der Waals surface area contributed by atoms with Crippen molar-refractivity contribution in [2.75, 3.05) is 11.9 Å². The molecule has 0 aromatic carbocycles. The van der Waals surface area contributed by atoms with Gasteiger partial charge in [-0.25, -0.2) is 4.98 Å². The molecule has 20 heavy (non-hydrogen) atoms. The SMILES string of the molecule is CN(Cc1cccs1)c1cc(CNC(C)(C)C)ccn1. The predicted octanol–water partition coefficient (Wildman–Crippen LogP) is 3.67. The monoisotopic (exact) mass is 289 g/mol. The number of nitrogens with one attached hydrogen (secondary N) is 1. The van der Waals surface area contributed by atoms with E-state index < -0.39 is 0 Å². The smallest absolute Gasteiger partial charge is 0.128 e. The molecule has 0 unspecified atom stereocenters. The minimum Gasteiger partial charge on any atom is -0.355 e. The zero-order valence-electron chi connectivity index (χ0n) is 12.7. The second-order valence-corrected chi connectivity index (χ2v) is 7.09. The molecular formula is C16H23N3S. The van der Waals surface area contributed by atoms with Crippen molar-refractivity contribution < 1.29 is 0 Å². The lowest BCUT2D eigenvalue weighted by Crippen LogP contribution is -2.35. The summed E-state index contributed by atoms with van der Waals surface area (Å²) < 4.78 is 0. The van der Waals surface area contributed by atoms with Crippen molar-refractivity contribution in [2.24, 2.45) is 0 Å². The van der Waals surface area contributed by atoms with E-state index in [1.165, 1.54) is 10.4 Å². The summed E-state index contributed by atoms with van der Waals surface area (Å²) in [5, 5.41) is 5.62. The average molecular weight is 289 g/mol. The maximum Gasteiger partial charge on any atom is 0.128 e. The summed E-state index contributed by atoms with van der Waals surface area (Å²) in [5.41, 5.74) is 1.40. The summed E-state index contributed by atoms with van der Waals surface area (Å²) >= 11 is 1.78. The molecule has 0 amide bonds. The molecule has 0 aliphatic rings. The highest BCUT2D eigenvalue weighted by molar-refractivity contribution is 7.09. The quantitative estimate of drug-likeness (QED) is 0.910. The average Bonchev–Trinajstić information content (AvgIpc) is 2.89. The molecule has 0 fully saturated rings. The van der Waals surface area contributed by atoms with Crippen molar-refractivity contribution >= 4 is 17.2 Å². The van der Waals surface area contributed by atoms with Crippen LogP contribution in [0.15, 0.2) is 35.8 Å². The first-order chi connectivity index (χ1) is 9.44. The van der Waals surface area contributed by atoms with E-state index in [1.54, 1.807) is 11.3 Å². The zero-order valence-corrected chi connectivity index (χ0v) is 13.5. The number of hydrogen-bond donors (Lipinski definition) is 1. The Morgan fingerprint density at radius 1 is 1.30 bits per heavy atom. The summed E-state index contributed by atoms with van der Waals surface area (Å²) in [6, 6.07) is 8.48. The maximum absolute atomic E-state index is 4.47. The van der Waals surface area contributed by atoms with Crippen LogP contribution in [0.1, 0.15) is 31.2 Å². The lowest BCUT2D eigenvalue weighted by atomic mass is 10.1. The largest absolute Gasteiger partial charge is 0.355 e. The molecule has 0 aliphatic heterocycles. The fourth-order valence-electron chi connectivity index (χ4n) is 1.86. The molecule has 108 valence electrons. The van der Waals surface area contributed by atoms with E-state index in [4.69, 9.17) is 0 Å². The van der Waals surface area contributed by atoms with E-state index in [-0.39, 0.29) is 5.54 Å². The molecule has 3 nitrogen and oxygen atoms in total. The van der Waals surface area contributed by atoms with Crippen LogP contribution in [0.4, 0.5) is 5.82 Å². The second kappa shape index (κ2) is 6.37. The van der Waals surface area contributed by atoms with Gasteiger partial charge in [-0.3, -0.25) is 0 Å². The molecule has 0 radical (unpaired) electrons. The Balaban J connectivity index is 2.01. The van der Waals surface area contributed by atoms with Gasteiger partial charge in [-0.1, -0.05) is 6.07 Å². The highest BCUT2D eigenvalue weighted by atomic mass is 32.1. The van der Waals surface area contributed by atoms with Crippen molar-refractivity contribution in [1.82, 2.24) is 10.3 Å². The first kappa shape index (κ1) is 15.0. The van der Waals surface area contributed by atoms with Crippen LogP contribution in [0, 0.1) is 0 Å². The van der Waals surface area contributed by atoms with E-state index in [9.17, 15) is 0 Å². The van der Waals surface area contributed by atoms with Crippen LogP contribution in [0.3, 0.4) is 0 Å². The van der Waals surface area contributed by atoms with Gasteiger partial charge < -0.3 is 10.2 Å². The first-order valence-electron chi connectivity index (χ1n) is 6.87. The van der Waals surface area contributed by atoms with Crippen LogP contribution >= 0.6 is 11.3 Å². The Labute approximate surface area is 125 Å². The molecule has 1 N–H and O–H groups in total. The third-order valence-electron chi connectivity index (χ3n) is 3.00. The van der Waals surface area contributed by atoms with E-state index >= 15 is 0 Å². The molecule has 0 atom stereocenters. The summed E-state index contributed by atoms with van der Waals surface area (Å²) in [7, 11) is 2.09. The van der Waals surface area contributed by atoms with Gasteiger partial charge in [0.05, 0.1) is 6.54 Å². The van der Waals surface area contributed by atoms with Crippen molar-refractivity contribution in [2.45, 2.75) is 39.4 Å². The maximum atomic E-state index is 4.47. The van der Waals surface area contributed by atoms with Crippen LogP contribution in [-0.2, 0) is 13.1 Å². The summed E-state index contributed by atoms with van der Waals surface area (Å²) in [6.07, 6.45) is 1.89. The molecule has 0 spiro atoms. The van der Waals surface area contributed by atoms with Crippen LogP contribution < -0.4 is 10.2 Å². The zero-order chi connectivity index (χ0) is 14.6. The summed E-state index contributed by atoms with van der Waals surface area (Å²) in [5.74, 6) is 1.02. The van der Waals surface area contributed by atoms with Gasteiger partial charge in [-0.15, -0.1) is 11.3 Å². The Morgan fingerprint density at radius 3 is 2.75 bits per heavy atom. The van der Waals surface area contributed by atoms with Gasteiger partial charge in [0.2, 0.25) is 0 Å². The van der Waals surface area contributed by atoms with Crippen molar-refractivity contribution in [1.29, 1.82) is 0 Å². The Morgan fingerprint density at radius 2 is 2.10 bits per heavy atom. The first-order valence-corrected chi connectivity index (χ1v) is 7.75. The summed E-state index contributed by atoms with van der Waals surface area (Å²) in [4.78, 5) is 8.01. The highest BCUT2D eigenvalue weighted by Crippen LogP contribution is 2.17. The molecule has 2 rings (SSSR count). The minimum absolute atomic E-state index is 0.131. The van der Waals surface area contributed by atoms with Crippen molar-refractivity contribution in [3.8, 4) is 0 Å². The number of hydrogen-bond acceptors (Lipinski definition) is 4. The van der Waals surface area contributed by atoms with Crippen LogP contribution in [0.25, 0.3) is 0 Å². The topological polar surface area (TPSA) is 28.2 Å². The Kier molecular flexibility index (Phi) is 4.78. The van der Waals surface area contributed by atoms with Crippen molar-refractivity contribution in [3.05, 3.63) is 46.3 Å². The fraction of sp³-hybridized carbons (Fsp3) is 0.438. The third-order valence-corrected chi connectivity index (χ3v) is 3.86. The number of rotatable bonds is 5. The van der Waals surface area contributed by atoms with Gasteiger partial charge >= 0.3 is 0 Å². The fourth-order valence-corrected chi connectivity index (χ4v) is 2.62. The number of aromatic nitrogens is 1. The van der Waals surface area contributed by atoms with Gasteiger partial charge in [0, 0.05) is 30.2 Å². The van der Waals surface area contributed by atoms with Gasteiger partial charge in [0.15, 0.2) is 0 Å². The van der Waals surface area contributed by atoms with Gasteiger partial charge in [-0.2, -0.15) is 0 Å². The molecule has 0 saturated heterocycles. The van der Waals surface area contributed by atoms with Crippen LogP contribution in [-0.4, -0.2) is 17.6 Å². The molecule has 0 saturated carbocycles. The second-order valence-electron chi connectivity index (χ2n) is 6.06. The van der Waals surface area contributed by atoms with Gasteiger partial charge in [0.1, 0.15) is 5.82 Å². The normalized spacial score (nSPS) is 11.6. The number of thiophene rings is 1. The number of pyridine rings is 1. The Bertz CT molecular complexity index is 529. The standard InChI is InChI=1S/C16H23N3S/c1-16(2,3)18-11-13-7-8-17-15(10-13)19(4)12-14-6-5-9-20-14/h5-10,18H,11-12H2,1-4H3. The summed E-state index contributed by atoms with van der Waals surface area (Å²) in [6.45, 7) is 8.31. The highest BCUT2D eigenvalue weighted by Gasteiger charge is 2.10. The molecule has 0 aliphatic carbocycles. The van der Waals surface area contributed by atoms with Crippen LogP contribution in [0.2, 0.25) is 0 Å². The van der Waals surface area contributed by atoms with Crippen LogP contribution in [0.5, 0.6) is 0 Å². The number of anilines is 1. The molecule has 4 heteroatoms. The number of nitrogens with zero attached hydrogens (tertiary/aromatic N) is 2. The lowest BCUT2D eigenvalue weighted by molar-refractivity contribution is 0.424. The lowest BCUT2D eigenvalue weighted by Gasteiger charge is -2.22. The van der Waals surface area contributed by atoms with E-state index in [0.29, 0.717) is 0 Å². The van der Waals surface area contributed by atoms with Gasteiger partial charge in [-0.05, 0) is 49.9 Å². The van der Waals surface area contributed by atoms with Crippen molar-refractivity contribution in [3.63, 3.8) is 0 Å². The minimum atomic E-state index is 0.131. The predicted molar refractivity (Wildman–Crippen MR) is 87.3 cm³/mol. The van der Waals surface area contributed by atoms with E-state index in [1.807, 2.05) is 6.20 Å². The molecule has 2 aromatic heterocycles. The third kappa shape index (κ3) is 4.62. The molecule has 2 heterocycles. The molecule has 2 aromatic rings. The van der Waals surface area contributed by atoms with E-state index in [2.05, 4.69) is 72.7 Å². The Hall–Kier alpha value is -1.39. The van der Waals surface area contributed by atoms with E-state index in [0.717, 1.165) is 18.9 Å².